The van der Waals surface area contributed by atoms with Crippen molar-refractivity contribution in [3.8, 4) is 0 Å². The molecule has 0 aliphatic carbocycles. The lowest BCUT2D eigenvalue weighted by Gasteiger charge is -2.28. The Bertz CT molecular complexity index is 279. The molecule has 1 rings (SSSR count). The van der Waals surface area contributed by atoms with Crippen LogP contribution in [0, 0.1) is 0 Å². The summed E-state index contributed by atoms with van der Waals surface area (Å²) in [6.07, 6.45) is 2.53. The summed E-state index contributed by atoms with van der Waals surface area (Å²) in [5.41, 5.74) is -0.204. The van der Waals surface area contributed by atoms with Crippen LogP contribution in [-0.2, 0) is 9.53 Å². The van der Waals surface area contributed by atoms with Crippen molar-refractivity contribution in [2.75, 3.05) is 40.8 Å². The average Bonchev–Trinajstić information content (AvgIpc) is 2.48. The fourth-order valence-electron chi connectivity index (χ4n) is 2.31. The average molecular weight is 256 g/mol. The Kier molecular flexibility index (Phi) is 5.76. The molecule has 4 heteroatoms. The Balaban J connectivity index is 2.53. The molecule has 1 saturated heterocycles. The maximum absolute atomic E-state index is 12.3. The molecule has 106 valence electrons. The molecule has 0 N–H and O–H groups in total. The normalized spacial score (nSPS) is 23.9. The highest BCUT2D eigenvalue weighted by Crippen LogP contribution is 2.18. The van der Waals surface area contributed by atoms with E-state index < -0.39 is 0 Å². The molecule has 0 bridgehead atoms. The van der Waals surface area contributed by atoms with E-state index in [-0.39, 0.29) is 11.6 Å². The molecule has 1 heterocycles. The Morgan fingerprint density at radius 2 is 2.00 bits per heavy atom. The van der Waals surface area contributed by atoms with Crippen LogP contribution < -0.4 is 0 Å². The first kappa shape index (κ1) is 15.6. The van der Waals surface area contributed by atoms with Gasteiger partial charge in [0.05, 0.1) is 11.6 Å². The summed E-state index contributed by atoms with van der Waals surface area (Å²) in [6.45, 7) is 7.00. The smallest absolute Gasteiger partial charge is 0.151 e. The topological polar surface area (TPSA) is 32.8 Å². The van der Waals surface area contributed by atoms with E-state index in [1.807, 2.05) is 13.8 Å². The second-order valence-electron chi connectivity index (χ2n) is 6.04. The van der Waals surface area contributed by atoms with Gasteiger partial charge in [0.15, 0.2) is 5.78 Å². The molecule has 0 aromatic carbocycles. The summed E-state index contributed by atoms with van der Waals surface area (Å²) in [5, 5.41) is 0. The van der Waals surface area contributed by atoms with Crippen LogP contribution in [0.25, 0.3) is 0 Å². The molecular formula is C14H28N2O2. The lowest BCUT2D eigenvalue weighted by atomic mass is 9.97. The van der Waals surface area contributed by atoms with Crippen LogP contribution in [0.15, 0.2) is 0 Å². The van der Waals surface area contributed by atoms with Crippen LogP contribution in [0.1, 0.15) is 33.1 Å². The zero-order valence-corrected chi connectivity index (χ0v) is 12.5. The highest BCUT2D eigenvalue weighted by molar-refractivity contribution is 5.84. The minimum Gasteiger partial charge on any atom is -0.379 e. The van der Waals surface area contributed by atoms with Gasteiger partial charge in [-0.15, -0.1) is 0 Å². The van der Waals surface area contributed by atoms with E-state index in [0.29, 0.717) is 12.2 Å². The molecule has 0 radical (unpaired) electrons. The summed E-state index contributed by atoms with van der Waals surface area (Å²) < 4.78 is 5.37. The molecule has 0 amide bonds. The van der Waals surface area contributed by atoms with Crippen LogP contribution in [0.3, 0.4) is 0 Å². The highest BCUT2D eigenvalue weighted by Gasteiger charge is 2.28. The molecule has 18 heavy (non-hydrogen) atoms. The quantitative estimate of drug-likeness (QED) is 0.744. The van der Waals surface area contributed by atoms with E-state index in [4.69, 9.17) is 4.74 Å². The second kappa shape index (κ2) is 6.64. The fourth-order valence-corrected chi connectivity index (χ4v) is 2.31. The van der Waals surface area contributed by atoms with Crippen LogP contribution in [0.5, 0.6) is 0 Å². The number of ether oxygens (including phenoxy) is 1. The van der Waals surface area contributed by atoms with Crippen molar-refractivity contribution in [3.05, 3.63) is 0 Å². The summed E-state index contributed by atoms with van der Waals surface area (Å²) in [4.78, 5) is 16.8. The molecule has 0 saturated carbocycles. The number of ketones is 1. The number of carbonyl (C=O) groups excluding carboxylic acids is 1. The molecule has 0 aromatic rings. The number of nitrogens with zero attached hydrogens (tertiary/aromatic N) is 2. The molecule has 0 spiro atoms. The van der Waals surface area contributed by atoms with Crippen LogP contribution in [0.2, 0.25) is 0 Å². The third-order valence-corrected chi connectivity index (χ3v) is 3.97. The molecule has 1 fully saturated rings. The predicted octanol–water partition coefficient (Wildman–Crippen LogP) is 1.40. The van der Waals surface area contributed by atoms with E-state index in [1.54, 1.807) is 7.11 Å². The number of rotatable bonds is 5. The summed E-state index contributed by atoms with van der Waals surface area (Å²) in [7, 11) is 5.86. The summed E-state index contributed by atoms with van der Waals surface area (Å²) >= 11 is 0. The van der Waals surface area contributed by atoms with E-state index >= 15 is 0 Å². The molecule has 0 aromatic heterocycles. The lowest BCUT2D eigenvalue weighted by Crippen LogP contribution is -2.44. The van der Waals surface area contributed by atoms with Gasteiger partial charge < -0.3 is 9.64 Å². The standard InChI is InChI=1S/C14H28N2O2/c1-14(2,18-5)8-7-13(17)12-11-15(3)9-6-10-16(12)4/h12H,6-11H2,1-5H3. The monoisotopic (exact) mass is 256 g/mol. The van der Waals surface area contributed by atoms with Crippen molar-refractivity contribution in [1.29, 1.82) is 0 Å². The Morgan fingerprint density at radius 1 is 1.33 bits per heavy atom. The zero-order valence-electron chi connectivity index (χ0n) is 12.5. The van der Waals surface area contributed by atoms with Crippen LogP contribution in [-0.4, -0.2) is 68.1 Å². The Labute approximate surface area is 111 Å². The second-order valence-corrected chi connectivity index (χ2v) is 6.04. The molecule has 4 nitrogen and oxygen atoms in total. The first-order valence-corrected chi connectivity index (χ1v) is 6.82. The number of hydrogen-bond donors (Lipinski definition) is 0. The molecule has 1 aliphatic heterocycles. The maximum atomic E-state index is 12.3. The zero-order chi connectivity index (χ0) is 13.8. The van der Waals surface area contributed by atoms with Gasteiger partial charge in [0.25, 0.3) is 0 Å². The van der Waals surface area contributed by atoms with Gasteiger partial charge in [-0.05, 0) is 53.9 Å². The molecule has 1 unspecified atom stereocenters. The van der Waals surface area contributed by atoms with Gasteiger partial charge in [-0.2, -0.15) is 0 Å². The van der Waals surface area contributed by atoms with Crippen molar-refractivity contribution in [1.82, 2.24) is 9.80 Å². The molecular weight excluding hydrogens is 228 g/mol. The first-order valence-electron chi connectivity index (χ1n) is 6.82. The van der Waals surface area contributed by atoms with E-state index in [0.717, 1.165) is 32.5 Å². The first-order chi connectivity index (χ1) is 8.35. The summed E-state index contributed by atoms with van der Waals surface area (Å²) in [5.74, 6) is 0.344. The fraction of sp³-hybridized carbons (Fsp3) is 0.929. The Hall–Kier alpha value is -0.450. The Morgan fingerprint density at radius 3 is 2.61 bits per heavy atom. The number of Topliss-reactive ketones (excluding diaryl/α,β-unsaturated/α-hetero) is 1. The largest absolute Gasteiger partial charge is 0.379 e. The van der Waals surface area contributed by atoms with E-state index in [1.165, 1.54) is 0 Å². The number of carbonyl (C=O) groups is 1. The third kappa shape index (κ3) is 4.67. The van der Waals surface area contributed by atoms with Crippen molar-refractivity contribution >= 4 is 5.78 Å². The van der Waals surface area contributed by atoms with Crippen LogP contribution in [0.4, 0.5) is 0 Å². The molecule has 1 atom stereocenters. The van der Waals surface area contributed by atoms with Crippen molar-refractivity contribution in [3.63, 3.8) is 0 Å². The number of hydrogen-bond acceptors (Lipinski definition) is 4. The minimum atomic E-state index is -0.204. The summed E-state index contributed by atoms with van der Waals surface area (Å²) in [6, 6.07) is 0.0464. The maximum Gasteiger partial charge on any atom is 0.151 e. The minimum absolute atomic E-state index is 0.0464. The van der Waals surface area contributed by atoms with Crippen molar-refractivity contribution < 1.29 is 9.53 Å². The molecule has 1 aliphatic rings. The number of likely N-dealkylation sites (N-methyl/N-ethyl adjacent to an activating group) is 2. The SMILES string of the molecule is COC(C)(C)CCC(=O)C1CN(C)CCCN1C. The van der Waals surface area contributed by atoms with E-state index in [9.17, 15) is 4.79 Å². The van der Waals surface area contributed by atoms with Crippen molar-refractivity contribution in [2.45, 2.75) is 44.8 Å². The lowest BCUT2D eigenvalue weighted by molar-refractivity contribution is -0.125. The van der Waals surface area contributed by atoms with Gasteiger partial charge in [0.2, 0.25) is 0 Å². The van der Waals surface area contributed by atoms with Crippen molar-refractivity contribution in [2.24, 2.45) is 0 Å². The van der Waals surface area contributed by atoms with Gasteiger partial charge in [0.1, 0.15) is 0 Å². The highest BCUT2D eigenvalue weighted by atomic mass is 16.5. The van der Waals surface area contributed by atoms with Gasteiger partial charge in [-0.3, -0.25) is 9.69 Å². The third-order valence-electron chi connectivity index (χ3n) is 3.97. The van der Waals surface area contributed by atoms with Gasteiger partial charge in [-0.25, -0.2) is 0 Å². The number of methoxy groups -OCH3 is 1. The van der Waals surface area contributed by atoms with Gasteiger partial charge in [0, 0.05) is 20.1 Å². The van der Waals surface area contributed by atoms with Gasteiger partial charge >= 0.3 is 0 Å². The predicted molar refractivity (Wildman–Crippen MR) is 73.9 cm³/mol. The van der Waals surface area contributed by atoms with E-state index in [2.05, 4.69) is 23.9 Å². The van der Waals surface area contributed by atoms with Crippen LogP contribution >= 0.6 is 0 Å². The van der Waals surface area contributed by atoms with Gasteiger partial charge in [-0.1, -0.05) is 0 Å².